The Labute approximate surface area is 194 Å². The van der Waals surface area contributed by atoms with Crippen molar-refractivity contribution in [2.24, 2.45) is 0 Å². The maximum atomic E-state index is 12.6. The van der Waals surface area contributed by atoms with Gasteiger partial charge in [0.05, 0.1) is 24.7 Å². The lowest BCUT2D eigenvalue weighted by Gasteiger charge is -2.12. The van der Waals surface area contributed by atoms with Gasteiger partial charge in [-0.05, 0) is 55.5 Å². The molecule has 0 spiro atoms. The van der Waals surface area contributed by atoms with Crippen molar-refractivity contribution in [3.05, 3.63) is 76.5 Å². The minimum absolute atomic E-state index is 0.0499. The zero-order chi connectivity index (χ0) is 24.5. The molecule has 0 saturated heterocycles. The highest BCUT2D eigenvalue weighted by Crippen LogP contribution is 2.29. The van der Waals surface area contributed by atoms with Gasteiger partial charge in [-0.25, -0.2) is 9.78 Å². The van der Waals surface area contributed by atoms with E-state index in [1.807, 2.05) is 6.92 Å². The van der Waals surface area contributed by atoms with Crippen LogP contribution in [-0.4, -0.2) is 42.1 Å². The summed E-state index contributed by atoms with van der Waals surface area (Å²) in [4.78, 5) is 39.6. The Bertz CT molecular complexity index is 1180. The van der Waals surface area contributed by atoms with E-state index >= 15 is 0 Å². The van der Waals surface area contributed by atoms with Gasteiger partial charge in [-0.1, -0.05) is 0 Å². The number of hydrogen-bond acceptors (Lipinski definition) is 9. The summed E-state index contributed by atoms with van der Waals surface area (Å²) in [6.45, 7) is 1.78. The molecule has 2 aromatic carbocycles. The number of ether oxygens (including phenoxy) is 3. The molecule has 3 aromatic rings. The van der Waals surface area contributed by atoms with Crippen molar-refractivity contribution in [2.45, 2.75) is 6.92 Å². The van der Waals surface area contributed by atoms with Gasteiger partial charge in [0.25, 0.3) is 11.6 Å². The van der Waals surface area contributed by atoms with Crippen molar-refractivity contribution in [1.82, 2.24) is 4.98 Å². The number of nitro benzene ring substituents is 1. The predicted molar refractivity (Wildman–Crippen MR) is 124 cm³/mol. The van der Waals surface area contributed by atoms with Crippen LogP contribution in [0.25, 0.3) is 0 Å². The molecule has 0 aliphatic carbocycles. The zero-order valence-electron chi connectivity index (χ0n) is 18.4. The van der Waals surface area contributed by atoms with Crippen molar-refractivity contribution in [3.63, 3.8) is 0 Å². The molecule has 3 rings (SSSR count). The molecule has 0 aliphatic rings. The lowest BCUT2D eigenvalue weighted by Crippen LogP contribution is -2.22. The standard InChI is InChI=1S/C23H22N4O7/c1-3-33-16-8-6-15(7-9-16)25-22-18(5-4-12-24-22)23(29)34-14-21(28)26-19-11-10-17(32-2)13-20(19)27(30)31/h4-13H,3,14H2,1-2H3,(H,24,25)(H,26,28). The molecule has 1 amide bonds. The second-order valence-electron chi connectivity index (χ2n) is 6.75. The lowest BCUT2D eigenvalue weighted by molar-refractivity contribution is -0.384. The van der Waals surface area contributed by atoms with E-state index in [1.54, 1.807) is 30.3 Å². The number of aromatic nitrogens is 1. The first-order valence-corrected chi connectivity index (χ1v) is 10.2. The van der Waals surface area contributed by atoms with E-state index in [9.17, 15) is 19.7 Å². The molecule has 176 valence electrons. The van der Waals surface area contributed by atoms with Crippen LogP contribution in [0.4, 0.5) is 22.9 Å². The topological polar surface area (TPSA) is 142 Å². The number of benzene rings is 2. The zero-order valence-corrected chi connectivity index (χ0v) is 18.4. The highest BCUT2D eigenvalue weighted by molar-refractivity contribution is 5.99. The number of methoxy groups -OCH3 is 1. The number of rotatable bonds is 10. The van der Waals surface area contributed by atoms with Crippen LogP contribution in [0.15, 0.2) is 60.8 Å². The Hall–Kier alpha value is -4.67. The number of nitrogens with one attached hydrogen (secondary N) is 2. The average Bonchev–Trinajstić information content (AvgIpc) is 2.84. The molecule has 0 saturated carbocycles. The molecule has 11 nitrogen and oxygen atoms in total. The molecule has 0 atom stereocenters. The van der Waals surface area contributed by atoms with E-state index in [-0.39, 0.29) is 28.5 Å². The first kappa shape index (κ1) is 24.0. The minimum Gasteiger partial charge on any atom is -0.496 e. The van der Waals surface area contributed by atoms with Crippen LogP contribution in [0.2, 0.25) is 0 Å². The quantitative estimate of drug-likeness (QED) is 0.258. The van der Waals surface area contributed by atoms with Crippen molar-refractivity contribution < 1.29 is 28.7 Å². The Morgan fingerprint density at radius 1 is 1.09 bits per heavy atom. The van der Waals surface area contributed by atoms with Gasteiger partial charge < -0.3 is 24.8 Å². The number of hydrogen-bond donors (Lipinski definition) is 2. The molecule has 1 heterocycles. The van der Waals surface area contributed by atoms with E-state index < -0.39 is 23.4 Å². The summed E-state index contributed by atoms with van der Waals surface area (Å²) in [5, 5.41) is 16.6. The summed E-state index contributed by atoms with van der Waals surface area (Å²) in [6.07, 6.45) is 1.50. The maximum Gasteiger partial charge on any atom is 0.342 e. The van der Waals surface area contributed by atoms with Crippen LogP contribution < -0.4 is 20.1 Å². The molecule has 1 aromatic heterocycles. The fourth-order valence-electron chi connectivity index (χ4n) is 2.90. The predicted octanol–water partition coefficient (Wildman–Crippen LogP) is 3.94. The summed E-state index contributed by atoms with van der Waals surface area (Å²) >= 11 is 0. The molecular weight excluding hydrogens is 444 g/mol. The van der Waals surface area contributed by atoms with Gasteiger partial charge in [0.2, 0.25) is 0 Å². The number of carbonyl (C=O) groups is 2. The molecular formula is C23H22N4O7. The number of pyridine rings is 1. The van der Waals surface area contributed by atoms with Gasteiger partial charge in [-0.2, -0.15) is 0 Å². The Morgan fingerprint density at radius 2 is 1.82 bits per heavy atom. The van der Waals surface area contributed by atoms with Gasteiger partial charge in [-0.15, -0.1) is 0 Å². The van der Waals surface area contributed by atoms with E-state index in [0.29, 0.717) is 18.0 Å². The van der Waals surface area contributed by atoms with Crippen LogP contribution in [0.1, 0.15) is 17.3 Å². The summed E-state index contributed by atoms with van der Waals surface area (Å²) in [5.41, 5.74) is 0.375. The largest absolute Gasteiger partial charge is 0.496 e. The number of nitrogens with zero attached hydrogens (tertiary/aromatic N) is 2. The number of amides is 1. The molecule has 0 radical (unpaired) electrons. The molecule has 34 heavy (non-hydrogen) atoms. The van der Waals surface area contributed by atoms with Crippen LogP contribution in [-0.2, 0) is 9.53 Å². The molecule has 0 fully saturated rings. The van der Waals surface area contributed by atoms with E-state index in [4.69, 9.17) is 14.2 Å². The molecule has 2 N–H and O–H groups in total. The molecule has 0 bridgehead atoms. The lowest BCUT2D eigenvalue weighted by atomic mass is 10.2. The van der Waals surface area contributed by atoms with Crippen LogP contribution in [0, 0.1) is 10.1 Å². The van der Waals surface area contributed by atoms with Crippen LogP contribution in [0.3, 0.4) is 0 Å². The monoisotopic (exact) mass is 466 g/mol. The normalized spacial score (nSPS) is 10.2. The van der Waals surface area contributed by atoms with Crippen molar-refractivity contribution in [2.75, 3.05) is 31.0 Å². The smallest absolute Gasteiger partial charge is 0.342 e. The van der Waals surface area contributed by atoms with Gasteiger partial charge >= 0.3 is 5.97 Å². The number of nitro groups is 1. The Morgan fingerprint density at radius 3 is 2.50 bits per heavy atom. The van der Waals surface area contributed by atoms with Gasteiger partial charge in [0.15, 0.2) is 6.61 Å². The maximum absolute atomic E-state index is 12.6. The third-order valence-corrected chi connectivity index (χ3v) is 4.47. The van der Waals surface area contributed by atoms with Crippen molar-refractivity contribution in [1.29, 1.82) is 0 Å². The minimum atomic E-state index is -0.791. The summed E-state index contributed by atoms with van der Waals surface area (Å²) < 4.78 is 15.5. The summed E-state index contributed by atoms with van der Waals surface area (Å²) in [6, 6.07) is 14.1. The SMILES string of the molecule is CCOc1ccc(Nc2ncccc2C(=O)OCC(=O)Nc2ccc(OC)cc2[N+](=O)[O-])cc1. The molecule has 0 aliphatic heterocycles. The first-order valence-electron chi connectivity index (χ1n) is 10.2. The number of anilines is 3. The molecule has 0 unspecified atom stereocenters. The Kier molecular flexibility index (Phi) is 7.95. The van der Waals surface area contributed by atoms with E-state index in [2.05, 4.69) is 15.6 Å². The third-order valence-electron chi connectivity index (χ3n) is 4.47. The highest BCUT2D eigenvalue weighted by atomic mass is 16.6. The number of carbonyl (C=O) groups excluding carboxylic acids is 2. The Balaban J connectivity index is 1.64. The fourth-order valence-corrected chi connectivity index (χ4v) is 2.90. The number of esters is 1. The average molecular weight is 466 g/mol. The fraction of sp³-hybridized carbons (Fsp3) is 0.174. The first-order chi connectivity index (χ1) is 16.4. The van der Waals surface area contributed by atoms with E-state index in [0.717, 1.165) is 0 Å². The molecule has 11 heteroatoms. The van der Waals surface area contributed by atoms with Crippen LogP contribution in [0.5, 0.6) is 11.5 Å². The third kappa shape index (κ3) is 6.19. The van der Waals surface area contributed by atoms with E-state index in [1.165, 1.54) is 37.6 Å². The second kappa shape index (κ2) is 11.3. The van der Waals surface area contributed by atoms with Crippen molar-refractivity contribution >= 4 is 34.8 Å². The van der Waals surface area contributed by atoms with Crippen molar-refractivity contribution in [3.8, 4) is 11.5 Å². The van der Waals surface area contributed by atoms with Gasteiger partial charge in [0.1, 0.15) is 28.6 Å². The van der Waals surface area contributed by atoms with Gasteiger partial charge in [-0.3, -0.25) is 14.9 Å². The van der Waals surface area contributed by atoms with Crippen LogP contribution >= 0.6 is 0 Å². The second-order valence-corrected chi connectivity index (χ2v) is 6.75. The summed E-state index contributed by atoms with van der Waals surface area (Å²) in [5.74, 6) is -0.326. The van der Waals surface area contributed by atoms with Gasteiger partial charge in [0, 0.05) is 11.9 Å². The highest BCUT2D eigenvalue weighted by Gasteiger charge is 2.19. The summed E-state index contributed by atoms with van der Waals surface area (Å²) in [7, 11) is 1.37.